The van der Waals surface area contributed by atoms with Crippen LogP contribution in [0.3, 0.4) is 0 Å². The van der Waals surface area contributed by atoms with Crippen molar-refractivity contribution >= 4 is 0 Å². The third kappa shape index (κ3) is 8.13. The van der Waals surface area contributed by atoms with Gasteiger partial charge in [-0.05, 0) is 77.8 Å². The Morgan fingerprint density at radius 1 is 1.38 bits per heavy atom. The molecule has 5 unspecified atom stereocenters. The van der Waals surface area contributed by atoms with Gasteiger partial charge >= 0.3 is 0 Å². The van der Waals surface area contributed by atoms with Crippen LogP contribution in [-0.2, 0) is 9.47 Å². The standard InChI is InChI=1S/C21H41NO2/c1-8-21(6,13-11-16(2)10-9-15-22-7)14-12-17(3)18(4)23-20-19(5)24-20/h11,17-20,22H,8-10,12-15H2,1-7H3. The first kappa shape index (κ1) is 21.7. The van der Waals surface area contributed by atoms with Crippen molar-refractivity contribution in [2.75, 3.05) is 13.6 Å². The molecular weight excluding hydrogens is 298 g/mol. The van der Waals surface area contributed by atoms with Crippen LogP contribution < -0.4 is 5.32 Å². The molecule has 1 aliphatic rings. The molecule has 1 fully saturated rings. The lowest BCUT2D eigenvalue weighted by atomic mass is 9.77. The Labute approximate surface area is 150 Å². The molecule has 1 heterocycles. The van der Waals surface area contributed by atoms with Crippen molar-refractivity contribution in [2.24, 2.45) is 11.3 Å². The Kier molecular flexibility index (Phi) is 9.54. The number of allylic oxidation sites excluding steroid dienone is 2. The number of nitrogens with one attached hydrogen (secondary N) is 1. The summed E-state index contributed by atoms with van der Waals surface area (Å²) in [4.78, 5) is 0. The van der Waals surface area contributed by atoms with Gasteiger partial charge in [-0.15, -0.1) is 0 Å². The molecule has 5 atom stereocenters. The van der Waals surface area contributed by atoms with Crippen LogP contribution in [0.1, 0.15) is 80.1 Å². The van der Waals surface area contributed by atoms with E-state index in [0.29, 0.717) is 11.3 Å². The Bertz CT molecular complexity index is 382. The van der Waals surface area contributed by atoms with Crippen LogP contribution in [0.2, 0.25) is 0 Å². The van der Waals surface area contributed by atoms with Gasteiger partial charge in [0.15, 0.2) is 6.29 Å². The molecular formula is C21H41NO2. The van der Waals surface area contributed by atoms with Gasteiger partial charge in [0.05, 0.1) is 6.10 Å². The molecule has 3 nitrogen and oxygen atoms in total. The molecule has 3 heteroatoms. The lowest BCUT2D eigenvalue weighted by Crippen LogP contribution is -2.23. The molecule has 0 aromatic rings. The number of epoxide rings is 1. The number of hydrogen-bond donors (Lipinski definition) is 1. The maximum Gasteiger partial charge on any atom is 0.184 e. The van der Waals surface area contributed by atoms with Gasteiger partial charge in [-0.25, -0.2) is 0 Å². The van der Waals surface area contributed by atoms with Crippen LogP contribution in [0.15, 0.2) is 11.6 Å². The maximum atomic E-state index is 5.95. The molecule has 24 heavy (non-hydrogen) atoms. The summed E-state index contributed by atoms with van der Waals surface area (Å²) in [5.41, 5.74) is 1.94. The van der Waals surface area contributed by atoms with Crippen molar-refractivity contribution in [3.8, 4) is 0 Å². The van der Waals surface area contributed by atoms with Gasteiger partial charge in [-0.1, -0.05) is 38.8 Å². The molecule has 0 aromatic heterocycles. The molecule has 0 radical (unpaired) electrons. The van der Waals surface area contributed by atoms with Gasteiger partial charge in [0.2, 0.25) is 0 Å². The zero-order valence-electron chi connectivity index (χ0n) is 17.2. The van der Waals surface area contributed by atoms with Crippen molar-refractivity contribution in [3.05, 3.63) is 11.6 Å². The van der Waals surface area contributed by atoms with Gasteiger partial charge in [0, 0.05) is 0 Å². The van der Waals surface area contributed by atoms with Crippen molar-refractivity contribution in [1.29, 1.82) is 0 Å². The van der Waals surface area contributed by atoms with Gasteiger partial charge in [0.1, 0.15) is 6.10 Å². The zero-order chi connectivity index (χ0) is 18.2. The fourth-order valence-corrected chi connectivity index (χ4v) is 2.96. The Balaban J connectivity index is 2.35. The van der Waals surface area contributed by atoms with Crippen LogP contribution >= 0.6 is 0 Å². The SMILES string of the molecule is CCC(C)(CC=C(C)CCCNC)CCC(C)C(C)OC1OC1C. The van der Waals surface area contributed by atoms with E-state index in [1.807, 2.05) is 7.05 Å². The predicted octanol–water partition coefficient (Wildman–Crippen LogP) is 5.30. The first-order chi connectivity index (χ1) is 11.3. The van der Waals surface area contributed by atoms with E-state index < -0.39 is 0 Å². The van der Waals surface area contributed by atoms with Crippen LogP contribution in [0.25, 0.3) is 0 Å². The molecule has 1 aliphatic heterocycles. The summed E-state index contributed by atoms with van der Waals surface area (Å²) in [5, 5.41) is 3.22. The van der Waals surface area contributed by atoms with Crippen LogP contribution in [-0.4, -0.2) is 32.1 Å². The highest BCUT2D eigenvalue weighted by atomic mass is 16.8. The normalized spacial score (nSPS) is 26.0. The van der Waals surface area contributed by atoms with Crippen molar-refractivity contribution in [1.82, 2.24) is 5.32 Å². The van der Waals surface area contributed by atoms with E-state index in [4.69, 9.17) is 9.47 Å². The fraction of sp³-hybridized carbons (Fsp3) is 0.905. The highest BCUT2D eigenvalue weighted by molar-refractivity contribution is 5.00. The van der Waals surface area contributed by atoms with Gasteiger partial charge in [0.25, 0.3) is 0 Å². The summed E-state index contributed by atoms with van der Waals surface area (Å²) in [6.07, 6.45) is 10.4. The smallest absolute Gasteiger partial charge is 0.184 e. The fourth-order valence-electron chi connectivity index (χ4n) is 2.96. The van der Waals surface area contributed by atoms with Crippen molar-refractivity contribution < 1.29 is 9.47 Å². The molecule has 1 rings (SSSR count). The second-order valence-electron chi connectivity index (χ2n) is 8.19. The Morgan fingerprint density at radius 2 is 2.04 bits per heavy atom. The summed E-state index contributed by atoms with van der Waals surface area (Å²) in [7, 11) is 2.02. The molecule has 0 spiro atoms. The molecule has 1 saturated heterocycles. The van der Waals surface area contributed by atoms with Crippen molar-refractivity contribution in [2.45, 2.75) is 98.6 Å². The Hall–Kier alpha value is -0.380. The van der Waals surface area contributed by atoms with Crippen LogP contribution in [0.5, 0.6) is 0 Å². The minimum Gasteiger partial charge on any atom is -0.347 e. The number of rotatable bonds is 13. The summed E-state index contributed by atoms with van der Waals surface area (Å²) in [6.45, 7) is 14.7. The summed E-state index contributed by atoms with van der Waals surface area (Å²) < 4.78 is 11.3. The van der Waals surface area contributed by atoms with E-state index in [1.54, 1.807) is 0 Å². The molecule has 0 saturated carbocycles. The minimum atomic E-state index is 0.0446. The van der Waals surface area contributed by atoms with E-state index in [1.165, 1.54) is 44.1 Å². The minimum absolute atomic E-state index is 0.0446. The first-order valence-electron chi connectivity index (χ1n) is 9.92. The molecule has 0 aliphatic carbocycles. The van der Waals surface area contributed by atoms with Crippen molar-refractivity contribution in [3.63, 3.8) is 0 Å². The third-order valence-electron chi connectivity index (χ3n) is 5.80. The first-order valence-corrected chi connectivity index (χ1v) is 9.92. The monoisotopic (exact) mass is 339 g/mol. The summed E-state index contributed by atoms with van der Waals surface area (Å²) in [5.74, 6) is 0.577. The average Bonchev–Trinajstić information content (AvgIpc) is 3.25. The number of ether oxygens (including phenoxy) is 2. The van der Waals surface area contributed by atoms with Crippen LogP contribution in [0, 0.1) is 11.3 Å². The highest BCUT2D eigenvalue weighted by Gasteiger charge is 2.37. The summed E-state index contributed by atoms with van der Waals surface area (Å²) >= 11 is 0. The molecule has 0 aromatic carbocycles. The zero-order valence-corrected chi connectivity index (χ0v) is 17.2. The van der Waals surface area contributed by atoms with E-state index >= 15 is 0 Å². The van der Waals surface area contributed by atoms with Gasteiger partial charge < -0.3 is 14.8 Å². The van der Waals surface area contributed by atoms with E-state index in [0.717, 1.165) is 6.54 Å². The highest BCUT2D eigenvalue weighted by Crippen LogP contribution is 2.35. The quantitative estimate of drug-likeness (QED) is 0.281. The maximum absolute atomic E-state index is 5.95. The summed E-state index contributed by atoms with van der Waals surface area (Å²) in [6, 6.07) is 0. The molecule has 1 N–H and O–H groups in total. The van der Waals surface area contributed by atoms with Gasteiger partial charge in [-0.3, -0.25) is 0 Å². The Morgan fingerprint density at radius 3 is 2.58 bits per heavy atom. The van der Waals surface area contributed by atoms with E-state index in [9.17, 15) is 0 Å². The number of hydrogen-bond acceptors (Lipinski definition) is 3. The predicted molar refractivity (Wildman–Crippen MR) is 103 cm³/mol. The largest absolute Gasteiger partial charge is 0.347 e. The van der Waals surface area contributed by atoms with E-state index in [-0.39, 0.29) is 18.5 Å². The lowest BCUT2D eigenvalue weighted by molar-refractivity contribution is -0.0311. The second-order valence-corrected chi connectivity index (χ2v) is 8.19. The molecule has 142 valence electrons. The third-order valence-corrected chi connectivity index (χ3v) is 5.80. The topological polar surface area (TPSA) is 33.8 Å². The lowest BCUT2D eigenvalue weighted by Gasteiger charge is -2.30. The van der Waals surface area contributed by atoms with Crippen LogP contribution in [0.4, 0.5) is 0 Å². The second kappa shape index (κ2) is 10.6. The van der Waals surface area contributed by atoms with E-state index in [2.05, 4.69) is 52.9 Å². The van der Waals surface area contributed by atoms with Gasteiger partial charge in [-0.2, -0.15) is 0 Å². The molecule has 0 bridgehead atoms. The molecule has 0 amide bonds. The average molecular weight is 340 g/mol.